The summed E-state index contributed by atoms with van der Waals surface area (Å²) in [7, 11) is 0. The highest BCUT2D eigenvalue weighted by Gasteiger charge is 2.10. The van der Waals surface area contributed by atoms with Crippen LogP contribution in [0.15, 0.2) is 72.8 Å². The van der Waals surface area contributed by atoms with E-state index >= 15 is 0 Å². The van der Waals surface area contributed by atoms with Crippen LogP contribution in [0.2, 0.25) is 10.0 Å². The third kappa shape index (κ3) is 5.94. The Balaban J connectivity index is 1.29. The van der Waals surface area contributed by atoms with Gasteiger partial charge in [-0.3, -0.25) is 20.4 Å². The van der Waals surface area contributed by atoms with Crippen molar-refractivity contribution >= 4 is 35.0 Å². The molecule has 0 spiro atoms. The quantitative estimate of drug-likeness (QED) is 0.409. The van der Waals surface area contributed by atoms with Crippen LogP contribution in [0.3, 0.4) is 0 Å². The zero-order chi connectivity index (χ0) is 23.2. The summed E-state index contributed by atoms with van der Waals surface area (Å²) in [6.07, 6.45) is 0.0476. The highest BCUT2D eigenvalue weighted by atomic mass is 35.5. The first-order valence-corrected chi connectivity index (χ1v) is 10.7. The average Bonchev–Trinajstić information content (AvgIpc) is 3.29. The molecule has 4 aromatic rings. The molecular weight excluding hydrogens is 463 g/mol. The summed E-state index contributed by atoms with van der Waals surface area (Å²) in [6, 6.07) is 21.4. The predicted octanol–water partition coefficient (Wildman–Crippen LogP) is 3.70. The number of benzene rings is 3. The molecular formula is C23H18Cl2N6O2. The van der Waals surface area contributed by atoms with Crippen LogP contribution in [-0.4, -0.2) is 32.0 Å². The van der Waals surface area contributed by atoms with Gasteiger partial charge in [-0.1, -0.05) is 71.7 Å². The molecule has 4 rings (SSSR count). The van der Waals surface area contributed by atoms with E-state index in [0.29, 0.717) is 33.5 Å². The molecule has 0 aliphatic carbocycles. The SMILES string of the molecule is O=C(Cc1ccc(Cl)c(Cl)c1)NNC(=O)c1ccc(Cn2nnc(-c3ccccc3)n2)cc1. The van der Waals surface area contributed by atoms with Gasteiger partial charge in [-0.25, -0.2) is 0 Å². The summed E-state index contributed by atoms with van der Waals surface area (Å²) in [6.45, 7) is 0.405. The van der Waals surface area contributed by atoms with E-state index in [4.69, 9.17) is 23.2 Å². The lowest BCUT2D eigenvalue weighted by molar-refractivity contribution is -0.121. The van der Waals surface area contributed by atoms with Gasteiger partial charge >= 0.3 is 0 Å². The van der Waals surface area contributed by atoms with E-state index in [1.807, 2.05) is 30.3 Å². The highest BCUT2D eigenvalue weighted by Crippen LogP contribution is 2.22. The number of carbonyl (C=O) groups excluding carboxylic acids is 2. The molecule has 10 heteroatoms. The lowest BCUT2D eigenvalue weighted by Gasteiger charge is -2.08. The molecule has 0 aliphatic heterocycles. The minimum atomic E-state index is -0.436. The number of carbonyl (C=O) groups is 2. The van der Waals surface area contributed by atoms with Crippen LogP contribution < -0.4 is 10.9 Å². The van der Waals surface area contributed by atoms with Crippen molar-refractivity contribution < 1.29 is 9.59 Å². The Morgan fingerprint density at radius 1 is 0.848 bits per heavy atom. The molecule has 166 valence electrons. The van der Waals surface area contributed by atoms with Crippen molar-refractivity contribution in [1.29, 1.82) is 0 Å². The Morgan fingerprint density at radius 2 is 1.58 bits per heavy atom. The van der Waals surface area contributed by atoms with Crippen molar-refractivity contribution in [3.8, 4) is 11.4 Å². The molecule has 0 saturated heterocycles. The van der Waals surface area contributed by atoms with Crippen molar-refractivity contribution in [3.63, 3.8) is 0 Å². The summed E-state index contributed by atoms with van der Waals surface area (Å²) in [4.78, 5) is 25.9. The Morgan fingerprint density at radius 3 is 2.30 bits per heavy atom. The predicted molar refractivity (Wildman–Crippen MR) is 125 cm³/mol. The number of hydrogen-bond acceptors (Lipinski definition) is 5. The van der Waals surface area contributed by atoms with Crippen molar-refractivity contribution in [2.24, 2.45) is 0 Å². The Kier molecular flexibility index (Phi) is 6.97. The largest absolute Gasteiger partial charge is 0.273 e. The van der Waals surface area contributed by atoms with E-state index in [2.05, 4.69) is 26.3 Å². The van der Waals surface area contributed by atoms with Gasteiger partial charge in [0.05, 0.1) is 23.0 Å². The van der Waals surface area contributed by atoms with E-state index in [1.54, 1.807) is 42.5 Å². The zero-order valence-electron chi connectivity index (χ0n) is 17.2. The van der Waals surface area contributed by atoms with Crippen molar-refractivity contribution in [2.75, 3.05) is 0 Å². The lowest BCUT2D eigenvalue weighted by Crippen LogP contribution is -2.42. The Hall–Kier alpha value is -3.75. The van der Waals surface area contributed by atoms with Crippen LogP contribution in [0.4, 0.5) is 0 Å². The lowest BCUT2D eigenvalue weighted by atomic mass is 10.1. The summed E-state index contributed by atoms with van der Waals surface area (Å²) in [5, 5.41) is 13.3. The summed E-state index contributed by atoms with van der Waals surface area (Å²) in [5.74, 6) is -0.276. The van der Waals surface area contributed by atoms with Crippen molar-refractivity contribution in [1.82, 2.24) is 31.1 Å². The number of nitrogens with one attached hydrogen (secondary N) is 2. The van der Waals surface area contributed by atoms with Crippen LogP contribution in [0.1, 0.15) is 21.5 Å². The Bertz CT molecular complexity index is 1280. The van der Waals surface area contributed by atoms with E-state index in [0.717, 1.165) is 11.1 Å². The first kappa shape index (κ1) is 22.4. The van der Waals surface area contributed by atoms with Gasteiger partial charge < -0.3 is 0 Å². The van der Waals surface area contributed by atoms with E-state index in [9.17, 15) is 9.59 Å². The molecule has 8 nitrogen and oxygen atoms in total. The third-order valence-electron chi connectivity index (χ3n) is 4.69. The van der Waals surface area contributed by atoms with Gasteiger partial charge in [0.1, 0.15) is 0 Å². The van der Waals surface area contributed by atoms with E-state index < -0.39 is 5.91 Å². The minimum absolute atomic E-state index is 0.0476. The van der Waals surface area contributed by atoms with Gasteiger partial charge in [-0.15, -0.1) is 10.2 Å². The van der Waals surface area contributed by atoms with Crippen molar-refractivity contribution in [2.45, 2.75) is 13.0 Å². The maximum atomic E-state index is 12.3. The number of hydrazine groups is 1. The van der Waals surface area contributed by atoms with Crippen molar-refractivity contribution in [3.05, 3.63) is 99.5 Å². The smallest absolute Gasteiger partial charge is 0.269 e. The van der Waals surface area contributed by atoms with E-state index in [-0.39, 0.29) is 12.3 Å². The first-order valence-electron chi connectivity index (χ1n) is 9.93. The molecule has 0 saturated carbocycles. The fourth-order valence-electron chi connectivity index (χ4n) is 3.02. The molecule has 3 aromatic carbocycles. The molecule has 1 heterocycles. The zero-order valence-corrected chi connectivity index (χ0v) is 18.7. The topological polar surface area (TPSA) is 102 Å². The van der Waals surface area contributed by atoms with Crippen LogP contribution >= 0.6 is 23.2 Å². The Labute approximate surface area is 199 Å². The van der Waals surface area contributed by atoms with Crippen LogP contribution in [0, 0.1) is 0 Å². The number of amides is 2. The van der Waals surface area contributed by atoms with Gasteiger partial charge in [-0.2, -0.15) is 4.80 Å². The summed E-state index contributed by atoms with van der Waals surface area (Å²) >= 11 is 11.8. The summed E-state index contributed by atoms with van der Waals surface area (Å²) < 4.78 is 0. The average molecular weight is 481 g/mol. The number of tetrazole rings is 1. The van der Waals surface area contributed by atoms with Gasteiger partial charge in [0.25, 0.3) is 5.91 Å². The molecule has 1 aromatic heterocycles. The molecule has 2 N–H and O–H groups in total. The molecule has 0 unspecified atom stereocenters. The fraction of sp³-hybridized carbons (Fsp3) is 0.0870. The van der Waals surface area contributed by atoms with E-state index in [1.165, 1.54) is 4.80 Å². The second-order valence-corrected chi connectivity index (χ2v) is 7.95. The maximum Gasteiger partial charge on any atom is 0.269 e. The second-order valence-electron chi connectivity index (χ2n) is 7.13. The van der Waals surface area contributed by atoms with Gasteiger partial charge in [0, 0.05) is 11.1 Å². The molecule has 2 amide bonds. The monoisotopic (exact) mass is 480 g/mol. The van der Waals surface area contributed by atoms with Gasteiger partial charge in [-0.05, 0) is 40.6 Å². The minimum Gasteiger partial charge on any atom is -0.273 e. The molecule has 33 heavy (non-hydrogen) atoms. The highest BCUT2D eigenvalue weighted by molar-refractivity contribution is 6.42. The molecule has 0 bridgehead atoms. The maximum absolute atomic E-state index is 12.3. The molecule has 0 radical (unpaired) electrons. The number of hydrogen-bond donors (Lipinski definition) is 2. The van der Waals surface area contributed by atoms with Crippen LogP contribution in [-0.2, 0) is 17.8 Å². The van der Waals surface area contributed by atoms with Gasteiger partial charge in [0.2, 0.25) is 11.7 Å². The number of nitrogens with zero attached hydrogens (tertiary/aromatic N) is 4. The normalized spacial score (nSPS) is 10.6. The number of halogens is 2. The van der Waals surface area contributed by atoms with Gasteiger partial charge in [0.15, 0.2) is 0 Å². The fourth-order valence-corrected chi connectivity index (χ4v) is 3.34. The van der Waals surface area contributed by atoms with Crippen LogP contribution in [0.5, 0.6) is 0 Å². The summed E-state index contributed by atoms with van der Waals surface area (Å²) in [5.41, 5.74) is 7.64. The molecule has 0 fully saturated rings. The van der Waals surface area contributed by atoms with Crippen LogP contribution in [0.25, 0.3) is 11.4 Å². The number of rotatable bonds is 6. The second kappa shape index (κ2) is 10.2. The standard InChI is InChI=1S/C23H18Cl2N6O2/c24-19-11-8-16(12-20(19)25)13-21(32)26-28-23(33)18-9-6-15(7-10-18)14-31-29-22(27-30-31)17-4-2-1-3-5-17/h1-12H,13-14H2,(H,26,32)(H,28,33). The molecule has 0 atom stereocenters. The third-order valence-corrected chi connectivity index (χ3v) is 5.43. The molecule has 0 aliphatic rings. The number of aromatic nitrogens is 4. The first-order chi connectivity index (χ1) is 16.0.